The van der Waals surface area contributed by atoms with Crippen molar-refractivity contribution in [3.05, 3.63) is 102 Å². The van der Waals surface area contributed by atoms with Gasteiger partial charge in [0.15, 0.2) is 0 Å². The van der Waals surface area contributed by atoms with Gasteiger partial charge in [-0.3, -0.25) is 5.01 Å². The van der Waals surface area contributed by atoms with Crippen LogP contribution in [0.4, 0.5) is 11.4 Å². The van der Waals surface area contributed by atoms with Crippen molar-refractivity contribution in [2.24, 2.45) is 5.14 Å². The fourth-order valence-electron chi connectivity index (χ4n) is 3.68. The Hall–Kier alpha value is -3.89. The van der Waals surface area contributed by atoms with Crippen LogP contribution in [-0.4, -0.2) is 23.3 Å². The van der Waals surface area contributed by atoms with Gasteiger partial charge in [-0.15, -0.1) is 5.10 Å². The Morgan fingerprint density at radius 1 is 0.970 bits per heavy atom. The van der Waals surface area contributed by atoms with E-state index in [4.69, 9.17) is 15.1 Å². The highest BCUT2D eigenvalue weighted by molar-refractivity contribution is 7.84. The van der Waals surface area contributed by atoms with E-state index in [1.165, 1.54) is 6.33 Å². The highest BCUT2D eigenvalue weighted by Crippen LogP contribution is 2.36. The number of hydrogen-bond acceptors (Lipinski definition) is 7. The van der Waals surface area contributed by atoms with Gasteiger partial charge in [0.2, 0.25) is 0 Å². The van der Waals surface area contributed by atoms with E-state index in [2.05, 4.69) is 10.1 Å². The summed E-state index contributed by atoms with van der Waals surface area (Å²) in [4.78, 5) is 5.79. The Balaban J connectivity index is 1.92. The minimum Gasteiger partial charge on any atom is -0.399 e. The highest BCUT2D eigenvalue weighted by Gasteiger charge is 2.26. The SMILES string of the molecule is Cc1cc(C(c2ccc(OS(N)(=O)=O)c(C)c2)N(c2ccccc2)n2cncn2)ccc1N. The van der Waals surface area contributed by atoms with Crippen LogP contribution in [0, 0.1) is 13.8 Å². The lowest BCUT2D eigenvalue weighted by molar-refractivity contribution is 0.485. The van der Waals surface area contributed by atoms with Gasteiger partial charge >= 0.3 is 10.3 Å². The van der Waals surface area contributed by atoms with Gasteiger partial charge in [-0.05, 0) is 66.4 Å². The van der Waals surface area contributed by atoms with E-state index in [1.54, 1.807) is 30.2 Å². The maximum Gasteiger partial charge on any atom is 0.380 e. The van der Waals surface area contributed by atoms with Gasteiger partial charge in [0.1, 0.15) is 24.4 Å². The van der Waals surface area contributed by atoms with Gasteiger partial charge in [0.05, 0.1) is 5.69 Å². The Morgan fingerprint density at radius 3 is 2.21 bits per heavy atom. The number of aryl methyl sites for hydroxylation is 2. The van der Waals surface area contributed by atoms with Crippen molar-refractivity contribution in [3.63, 3.8) is 0 Å². The second-order valence-electron chi connectivity index (χ2n) is 7.62. The van der Waals surface area contributed by atoms with Gasteiger partial charge in [-0.1, -0.05) is 36.4 Å². The summed E-state index contributed by atoms with van der Waals surface area (Å²) in [5, 5.41) is 11.4. The average molecular weight is 465 g/mol. The molecule has 0 fully saturated rings. The molecule has 170 valence electrons. The zero-order valence-electron chi connectivity index (χ0n) is 18.2. The first-order valence-electron chi connectivity index (χ1n) is 10.1. The molecule has 33 heavy (non-hydrogen) atoms. The van der Waals surface area contributed by atoms with E-state index in [1.807, 2.05) is 66.5 Å². The molecule has 0 saturated carbocycles. The maximum absolute atomic E-state index is 11.4. The molecule has 0 aliphatic carbocycles. The number of anilines is 2. The number of nitrogen functional groups attached to an aromatic ring is 1. The molecule has 3 aromatic carbocycles. The van der Waals surface area contributed by atoms with E-state index in [9.17, 15) is 8.42 Å². The van der Waals surface area contributed by atoms with E-state index < -0.39 is 10.3 Å². The first-order chi connectivity index (χ1) is 15.7. The summed E-state index contributed by atoms with van der Waals surface area (Å²) in [7, 11) is -4.14. The van der Waals surface area contributed by atoms with Gasteiger partial charge < -0.3 is 9.92 Å². The highest BCUT2D eigenvalue weighted by atomic mass is 32.2. The number of benzene rings is 3. The molecule has 1 aromatic heterocycles. The van der Waals surface area contributed by atoms with E-state index in [0.717, 1.165) is 22.4 Å². The molecule has 0 aliphatic heterocycles. The summed E-state index contributed by atoms with van der Waals surface area (Å²) in [6, 6.07) is 20.5. The monoisotopic (exact) mass is 464 g/mol. The fraction of sp³-hybridized carbons (Fsp3) is 0.130. The third-order valence-corrected chi connectivity index (χ3v) is 5.63. The fourth-order valence-corrected chi connectivity index (χ4v) is 4.12. The van der Waals surface area contributed by atoms with Crippen LogP contribution in [0.15, 0.2) is 79.4 Å². The molecular formula is C23H24N6O3S. The first-order valence-corrected chi connectivity index (χ1v) is 11.6. The minimum absolute atomic E-state index is 0.167. The van der Waals surface area contributed by atoms with Crippen LogP contribution in [0.2, 0.25) is 0 Å². The molecular weight excluding hydrogens is 440 g/mol. The molecule has 1 heterocycles. The molecule has 10 heteroatoms. The predicted molar refractivity (Wildman–Crippen MR) is 127 cm³/mol. The van der Waals surface area contributed by atoms with Crippen LogP contribution in [0.5, 0.6) is 5.75 Å². The summed E-state index contributed by atoms with van der Waals surface area (Å²) in [6.45, 7) is 3.71. The summed E-state index contributed by atoms with van der Waals surface area (Å²) < 4.78 is 27.8. The number of rotatable bonds is 7. The van der Waals surface area contributed by atoms with E-state index in [0.29, 0.717) is 11.3 Å². The van der Waals surface area contributed by atoms with Crippen LogP contribution in [0.1, 0.15) is 28.3 Å². The summed E-state index contributed by atoms with van der Waals surface area (Å²) in [5.74, 6) is 0.167. The predicted octanol–water partition coefficient (Wildman–Crippen LogP) is 3.12. The van der Waals surface area contributed by atoms with Crippen LogP contribution < -0.4 is 20.1 Å². The molecule has 4 N–H and O–H groups in total. The first kappa shape index (κ1) is 22.3. The van der Waals surface area contributed by atoms with Crippen molar-refractivity contribution in [2.45, 2.75) is 19.9 Å². The number of nitrogens with zero attached hydrogens (tertiary/aromatic N) is 4. The van der Waals surface area contributed by atoms with Crippen molar-refractivity contribution in [2.75, 3.05) is 10.7 Å². The van der Waals surface area contributed by atoms with Crippen LogP contribution in [0.3, 0.4) is 0 Å². The van der Waals surface area contributed by atoms with Crippen molar-refractivity contribution in [3.8, 4) is 5.75 Å². The topological polar surface area (TPSA) is 129 Å². The quantitative estimate of drug-likeness (QED) is 0.402. The standard InChI is InChI=1S/C23H24N6O3S/c1-16-12-18(8-10-21(16)24)23(19-9-11-22(17(2)13-19)32-33(25,30)31)29(28-15-26-14-27-28)20-6-4-3-5-7-20/h3-15,23H,24H2,1-2H3,(H2,25,30,31). The number of aromatic nitrogens is 3. The third-order valence-electron chi connectivity index (χ3n) is 5.22. The Morgan fingerprint density at radius 2 is 1.64 bits per heavy atom. The van der Waals surface area contributed by atoms with Crippen molar-refractivity contribution in [1.82, 2.24) is 14.9 Å². The maximum atomic E-state index is 11.4. The summed E-state index contributed by atoms with van der Waals surface area (Å²) in [5.41, 5.74) is 11.0. The Bertz CT molecular complexity index is 1360. The van der Waals surface area contributed by atoms with Gasteiger partial charge in [-0.2, -0.15) is 18.3 Å². The molecule has 1 atom stereocenters. The zero-order valence-corrected chi connectivity index (χ0v) is 19.0. The Kier molecular flexibility index (Phi) is 6.03. The van der Waals surface area contributed by atoms with Gasteiger partial charge in [0, 0.05) is 5.69 Å². The molecule has 0 bridgehead atoms. The lowest BCUT2D eigenvalue weighted by Gasteiger charge is -2.34. The largest absolute Gasteiger partial charge is 0.399 e. The average Bonchev–Trinajstić information content (AvgIpc) is 3.30. The molecule has 0 spiro atoms. The lowest BCUT2D eigenvalue weighted by Crippen LogP contribution is -2.35. The number of nitrogens with two attached hydrogens (primary N) is 2. The normalized spacial score (nSPS) is 12.3. The Labute approximate surface area is 192 Å². The zero-order chi connectivity index (χ0) is 23.6. The molecule has 4 aromatic rings. The molecule has 0 amide bonds. The van der Waals surface area contributed by atoms with Crippen molar-refractivity contribution < 1.29 is 12.6 Å². The van der Waals surface area contributed by atoms with Crippen molar-refractivity contribution in [1.29, 1.82) is 0 Å². The number of hydrogen-bond donors (Lipinski definition) is 2. The van der Waals surface area contributed by atoms with Gasteiger partial charge in [0.25, 0.3) is 0 Å². The van der Waals surface area contributed by atoms with E-state index in [-0.39, 0.29) is 11.8 Å². The second-order valence-corrected chi connectivity index (χ2v) is 8.77. The van der Waals surface area contributed by atoms with E-state index >= 15 is 0 Å². The molecule has 0 radical (unpaired) electrons. The van der Waals surface area contributed by atoms with Crippen LogP contribution >= 0.6 is 0 Å². The smallest absolute Gasteiger partial charge is 0.380 e. The molecule has 1 unspecified atom stereocenters. The minimum atomic E-state index is -4.14. The molecule has 4 rings (SSSR count). The number of para-hydroxylation sites is 1. The molecule has 9 nitrogen and oxygen atoms in total. The third kappa shape index (κ3) is 4.97. The van der Waals surface area contributed by atoms with Crippen LogP contribution in [-0.2, 0) is 10.3 Å². The molecule has 0 saturated heterocycles. The lowest BCUT2D eigenvalue weighted by atomic mass is 9.94. The summed E-state index contributed by atoms with van der Waals surface area (Å²) in [6.07, 6.45) is 3.09. The van der Waals surface area contributed by atoms with Gasteiger partial charge in [-0.25, -0.2) is 4.98 Å². The second kappa shape index (κ2) is 8.93. The summed E-state index contributed by atoms with van der Waals surface area (Å²) >= 11 is 0. The van der Waals surface area contributed by atoms with Crippen LogP contribution in [0.25, 0.3) is 0 Å². The molecule has 0 aliphatic rings. The van der Waals surface area contributed by atoms with Crippen molar-refractivity contribution >= 4 is 21.7 Å².